The van der Waals surface area contributed by atoms with Crippen molar-refractivity contribution in [3.63, 3.8) is 0 Å². The first-order valence-electron chi connectivity index (χ1n) is 4.88. The molecule has 0 aromatic heterocycles. The highest BCUT2D eigenvalue weighted by molar-refractivity contribution is 4.74. The summed E-state index contributed by atoms with van der Waals surface area (Å²) in [5, 5.41) is 8.58. The number of hydrogen-bond acceptors (Lipinski definition) is 4. The van der Waals surface area contributed by atoms with Gasteiger partial charge in [-0.05, 0) is 12.8 Å². The van der Waals surface area contributed by atoms with E-state index in [2.05, 4.69) is 0 Å². The van der Waals surface area contributed by atoms with Crippen LogP contribution in [0.4, 0.5) is 0 Å². The molecule has 0 spiro atoms. The van der Waals surface area contributed by atoms with Gasteiger partial charge >= 0.3 is 0 Å². The van der Waals surface area contributed by atoms with E-state index in [0.29, 0.717) is 25.5 Å². The predicted octanol–water partition coefficient (Wildman–Crippen LogP) is -0.251. The molecule has 78 valence electrons. The fraction of sp³-hybridized carbons (Fsp3) is 1.00. The Hall–Kier alpha value is -0.160. The zero-order valence-electron chi connectivity index (χ0n) is 7.95. The minimum atomic E-state index is 0.106. The van der Waals surface area contributed by atoms with E-state index in [1.807, 2.05) is 0 Å². The topological polar surface area (TPSA) is 64.7 Å². The zero-order valence-corrected chi connectivity index (χ0v) is 7.95. The minimum Gasteiger partial charge on any atom is -0.396 e. The van der Waals surface area contributed by atoms with Crippen LogP contribution < -0.4 is 5.73 Å². The van der Waals surface area contributed by atoms with Gasteiger partial charge in [0.05, 0.1) is 12.7 Å². The number of nitrogens with two attached hydrogens (primary N) is 1. The van der Waals surface area contributed by atoms with E-state index < -0.39 is 0 Å². The third-order valence-corrected chi connectivity index (χ3v) is 2.36. The summed E-state index contributed by atoms with van der Waals surface area (Å²) in [7, 11) is 0. The van der Waals surface area contributed by atoms with Crippen LogP contribution in [0.1, 0.15) is 12.8 Å². The van der Waals surface area contributed by atoms with Gasteiger partial charge in [-0.2, -0.15) is 0 Å². The van der Waals surface area contributed by atoms with Gasteiger partial charge in [0.2, 0.25) is 0 Å². The largest absolute Gasteiger partial charge is 0.396 e. The van der Waals surface area contributed by atoms with Crippen LogP contribution >= 0.6 is 0 Å². The lowest BCUT2D eigenvalue weighted by molar-refractivity contribution is 0.00858. The van der Waals surface area contributed by atoms with E-state index in [4.69, 9.17) is 20.3 Å². The predicted molar refractivity (Wildman–Crippen MR) is 49.4 cm³/mol. The van der Waals surface area contributed by atoms with Gasteiger partial charge in [0.25, 0.3) is 0 Å². The number of aliphatic hydroxyl groups is 1. The van der Waals surface area contributed by atoms with Crippen LogP contribution in [0.5, 0.6) is 0 Å². The summed E-state index contributed by atoms with van der Waals surface area (Å²) in [5.74, 6) is 0.448. The zero-order chi connectivity index (χ0) is 9.52. The fourth-order valence-electron chi connectivity index (χ4n) is 1.54. The molecule has 4 heteroatoms. The maximum absolute atomic E-state index is 8.58. The Morgan fingerprint density at radius 3 is 3.00 bits per heavy atom. The van der Waals surface area contributed by atoms with E-state index in [1.54, 1.807) is 0 Å². The van der Waals surface area contributed by atoms with Crippen molar-refractivity contribution in [1.29, 1.82) is 0 Å². The van der Waals surface area contributed by atoms with Crippen molar-refractivity contribution < 1.29 is 14.6 Å². The molecule has 1 aliphatic heterocycles. The molecule has 0 aromatic rings. The Morgan fingerprint density at radius 1 is 1.62 bits per heavy atom. The maximum Gasteiger partial charge on any atom is 0.0748 e. The number of hydrogen-bond donors (Lipinski definition) is 2. The van der Waals surface area contributed by atoms with Crippen molar-refractivity contribution in [3.8, 4) is 0 Å². The molecule has 0 radical (unpaired) electrons. The number of aliphatic hydroxyl groups excluding tert-OH is 1. The summed E-state index contributed by atoms with van der Waals surface area (Å²) >= 11 is 0. The van der Waals surface area contributed by atoms with E-state index in [9.17, 15) is 0 Å². The first-order valence-corrected chi connectivity index (χ1v) is 4.88. The SMILES string of the molecule is NCC(OCCCO)C1CCOC1. The molecular weight excluding hydrogens is 170 g/mol. The summed E-state index contributed by atoms with van der Waals surface area (Å²) in [6, 6.07) is 0. The minimum absolute atomic E-state index is 0.106. The van der Waals surface area contributed by atoms with Gasteiger partial charge in [-0.25, -0.2) is 0 Å². The number of rotatable bonds is 6. The highest BCUT2D eigenvalue weighted by Gasteiger charge is 2.24. The van der Waals surface area contributed by atoms with Gasteiger partial charge < -0.3 is 20.3 Å². The highest BCUT2D eigenvalue weighted by Crippen LogP contribution is 2.18. The standard InChI is InChI=1S/C9H19NO3/c10-6-9(13-4-1-3-11)8-2-5-12-7-8/h8-9,11H,1-7,10H2. The van der Waals surface area contributed by atoms with Crippen LogP contribution in [0.2, 0.25) is 0 Å². The van der Waals surface area contributed by atoms with Crippen molar-refractivity contribution in [2.24, 2.45) is 11.7 Å². The van der Waals surface area contributed by atoms with Crippen molar-refractivity contribution in [2.45, 2.75) is 18.9 Å². The smallest absolute Gasteiger partial charge is 0.0748 e. The van der Waals surface area contributed by atoms with Gasteiger partial charge in [-0.15, -0.1) is 0 Å². The van der Waals surface area contributed by atoms with Gasteiger partial charge in [0.1, 0.15) is 0 Å². The molecule has 2 atom stereocenters. The van der Waals surface area contributed by atoms with E-state index in [-0.39, 0.29) is 12.7 Å². The molecule has 4 nitrogen and oxygen atoms in total. The Labute approximate surface area is 79.0 Å². The molecule has 1 heterocycles. The second-order valence-corrected chi connectivity index (χ2v) is 3.35. The molecule has 3 N–H and O–H groups in total. The molecule has 1 saturated heterocycles. The monoisotopic (exact) mass is 189 g/mol. The van der Waals surface area contributed by atoms with Crippen LogP contribution in [0, 0.1) is 5.92 Å². The molecular formula is C9H19NO3. The molecule has 1 rings (SSSR count). The van der Waals surface area contributed by atoms with Crippen molar-refractivity contribution in [1.82, 2.24) is 0 Å². The van der Waals surface area contributed by atoms with Gasteiger partial charge in [-0.3, -0.25) is 0 Å². The molecule has 0 aliphatic carbocycles. The summed E-state index contributed by atoms with van der Waals surface area (Å²) in [5.41, 5.74) is 5.59. The average molecular weight is 189 g/mol. The number of ether oxygens (including phenoxy) is 2. The van der Waals surface area contributed by atoms with E-state index in [0.717, 1.165) is 19.6 Å². The van der Waals surface area contributed by atoms with Gasteiger partial charge in [0.15, 0.2) is 0 Å². The summed E-state index contributed by atoms with van der Waals surface area (Å²) in [4.78, 5) is 0. The summed E-state index contributed by atoms with van der Waals surface area (Å²) in [6.45, 7) is 2.90. The van der Waals surface area contributed by atoms with E-state index in [1.165, 1.54) is 0 Å². The normalized spacial score (nSPS) is 24.9. The van der Waals surface area contributed by atoms with Crippen LogP contribution in [0.15, 0.2) is 0 Å². The molecule has 1 fully saturated rings. The Morgan fingerprint density at radius 2 is 2.46 bits per heavy atom. The lowest BCUT2D eigenvalue weighted by atomic mass is 10.0. The van der Waals surface area contributed by atoms with Gasteiger partial charge in [0, 0.05) is 32.3 Å². The molecule has 0 saturated carbocycles. The van der Waals surface area contributed by atoms with Crippen molar-refractivity contribution in [3.05, 3.63) is 0 Å². The molecule has 0 bridgehead atoms. The van der Waals surface area contributed by atoms with Gasteiger partial charge in [-0.1, -0.05) is 0 Å². The highest BCUT2D eigenvalue weighted by atomic mass is 16.5. The molecule has 0 amide bonds. The van der Waals surface area contributed by atoms with Crippen LogP contribution in [0.3, 0.4) is 0 Å². The maximum atomic E-state index is 8.58. The molecule has 1 aliphatic rings. The third kappa shape index (κ3) is 3.60. The molecule has 13 heavy (non-hydrogen) atoms. The Balaban J connectivity index is 2.16. The summed E-state index contributed by atoms with van der Waals surface area (Å²) < 4.78 is 10.8. The summed E-state index contributed by atoms with van der Waals surface area (Å²) in [6.07, 6.45) is 1.83. The second-order valence-electron chi connectivity index (χ2n) is 3.35. The fourth-order valence-corrected chi connectivity index (χ4v) is 1.54. The van der Waals surface area contributed by atoms with Crippen LogP contribution in [-0.2, 0) is 9.47 Å². The molecule has 0 aromatic carbocycles. The van der Waals surface area contributed by atoms with Crippen LogP contribution in [0.25, 0.3) is 0 Å². The Bertz CT molecular complexity index is 126. The second kappa shape index (κ2) is 6.32. The van der Waals surface area contributed by atoms with Crippen molar-refractivity contribution in [2.75, 3.05) is 33.0 Å². The lowest BCUT2D eigenvalue weighted by Crippen LogP contribution is -2.32. The first-order chi connectivity index (χ1) is 6.38. The quantitative estimate of drug-likeness (QED) is 0.565. The lowest BCUT2D eigenvalue weighted by Gasteiger charge is -2.20. The third-order valence-electron chi connectivity index (χ3n) is 2.36. The average Bonchev–Trinajstić information content (AvgIpc) is 2.65. The molecule has 2 unspecified atom stereocenters. The first kappa shape index (κ1) is 10.9. The van der Waals surface area contributed by atoms with E-state index >= 15 is 0 Å². The Kier molecular flexibility index (Phi) is 5.31. The van der Waals surface area contributed by atoms with Crippen LogP contribution in [-0.4, -0.2) is 44.2 Å². The van der Waals surface area contributed by atoms with Crippen molar-refractivity contribution >= 4 is 0 Å².